The minimum absolute atomic E-state index is 0. The molecule has 2 aromatic carbocycles. The van der Waals surface area contributed by atoms with E-state index in [2.05, 4.69) is 10.1 Å². The molecule has 1 aliphatic carbocycles. The van der Waals surface area contributed by atoms with Crippen molar-refractivity contribution in [3.05, 3.63) is 71.4 Å². The number of benzene rings is 2. The first-order valence-corrected chi connectivity index (χ1v) is 8.11. The van der Waals surface area contributed by atoms with Crippen molar-refractivity contribution in [3.63, 3.8) is 0 Å². The lowest BCUT2D eigenvalue weighted by molar-refractivity contribution is 0.216. The van der Waals surface area contributed by atoms with Crippen LogP contribution in [0.3, 0.4) is 0 Å². The highest BCUT2D eigenvalue weighted by Gasteiger charge is 2.45. The molecule has 3 aromatic rings. The van der Waals surface area contributed by atoms with Gasteiger partial charge in [0, 0.05) is 12.1 Å². The summed E-state index contributed by atoms with van der Waals surface area (Å²) in [5.74, 6) is 0.879. The maximum atomic E-state index is 13.6. The summed E-state index contributed by atoms with van der Waals surface area (Å²) in [6, 6.07) is 14.5. The van der Waals surface area contributed by atoms with Crippen molar-refractivity contribution >= 4 is 12.4 Å². The van der Waals surface area contributed by atoms with Gasteiger partial charge in [-0.15, -0.1) is 12.4 Å². The number of nitrogens with two attached hydrogens (primary N) is 1. The fourth-order valence-corrected chi connectivity index (χ4v) is 3.27. The van der Waals surface area contributed by atoms with Crippen molar-refractivity contribution in [2.45, 2.75) is 31.2 Å². The van der Waals surface area contributed by atoms with Gasteiger partial charge in [-0.3, -0.25) is 0 Å². The molecule has 0 unspecified atom stereocenters. The van der Waals surface area contributed by atoms with Crippen molar-refractivity contribution in [2.24, 2.45) is 5.73 Å². The van der Waals surface area contributed by atoms with Gasteiger partial charge in [-0.05, 0) is 36.1 Å². The molecule has 1 heterocycles. The Kier molecular flexibility index (Phi) is 4.88. The summed E-state index contributed by atoms with van der Waals surface area (Å²) in [5.41, 5.74) is 8.11. The summed E-state index contributed by atoms with van der Waals surface area (Å²) in [4.78, 5) is 4.60. The van der Waals surface area contributed by atoms with Crippen LogP contribution in [-0.2, 0) is 12.0 Å². The molecule has 2 N–H and O–H groups in total. The van der Waals surface area contributed by atoms with Crippen LogP contribution >= 0.6 is 12.4 Å². The third kappa shape index (κ3) is 3.05. The van der Waals surface area contributed by atoms with Crippen molar-refractivity contribution in [3.8, 4) is 11.4 Å². The molecule has 1 saturated carbocycles. The van der Waals surface area contributed by atoms with E-state index in [4.69, 9.17) is 10.3 Å². The first kappa shape index (κ1) is 17.6. The SMILES string of the molecule is Cl.NCc1ccc(-c2noc(C3(c4cccc(F)c4)CCC3)n2)cc1. The second kappa shape index (κ2) is 6.94. The summed E-state index contributed by atoms with van der Waals surface area (Å²) < 4.78 is 19.2. The number of halogens is 2. The molecule has 0 saturated heterocycles. The molecule has 0 amide bonds. The third-order valence-electron chi connectivity index (χ3n) is 4.87. The van der Waals surface area contributed by atoms with Crippen LogP contribution in [0.4, 0.5) is 4.39 Å². The number of rotatable bonds is 4. The highest BCUT2D eigenvalue weighted by atomic mass is 35.5. The van der Waals surface area contributed by atoms with Gasteiger partial charge < -0.3 is 10.3 Å². The zero-order valence-corrected chi connectivity index (χ0v) is 14.4. The van der Waals surface area contributed by atoms with E-state index in [0.717, 1.165) is 36.0 Å². The molecule has 6 heteroatoms. The lowest BCUT2D eigenvalue weighted by Gasteiger charge is -2.38. The van der Waals surface area contributed by atoms with Gasteiger partial charge in [-0.2, -0.15) is 4.98 Å². The summed E-state index contributed by atoms with van der Waals surface area (Å²) in [6.45, 7) is 0.500. The molecule has 1 aromatic heterocycles. The fraction of sp³-hybridized carbons (Fsp3) is 0.263. The average molecular weight is 360 g/mol. The molecule has 0 spiro atoms. The highest BCUT2D eigenvalue weighted by molar-refractivity contribution is 5.85. The van der Waals surface area contributed by atoms with E-state index in [1.165, 1.54) is 6.07 Å². The van der Waals surface area contributed by atoms with Crippen molar-refractivity contribution in [1.29, 1.82) is 0 Å². The Balaban J connectivity index is 0.00000182. The number of hydrogen-bond donors (Lipinski definition) is 1. The predicted octanol–water partition coefficient (Wildman–Crippen LogP) is 4.23. The topological polar surface area (TPSA) is 64.9 Å². The van der Waals surface area contributed by atoms with E-state index in [0.29, 0.717) is 18.3 Å². The second-order valence-corrected chi connectivity index (χ2v) is 6.27. The maximum Gasteiger partial charge on any atom is 0.237 e. The smallest absolute Gasteiger partial charge is 0.237 e. The third-order valence-corrected chi connectivity index (χ3v) is 4.87. The standard InChI is InChI=1S/C19H18FN3O.ClH/c20-16-4-1-3-15(11-16)19(9-2-10-19)18-22-17(23-24-18)14-7-5-13(12-21)6-8-14;/h1,3-8,11H,2,9-10,12,21H2;1H. The van der Waals surface area contributed by atoms with Gasteiger partial charge in [-0.25, -0.2) is 4.39 Å². The molecule has 4 nitrogen and oxygen atoms in total. The van der Waals surface area contributed by atoms with Crippen molar-refractivity contribution < 1.29 is 8.91 Å². The van der Waals surface area contributed by atoms with E-state index in [9.17, 15) is 4.39 Å². The van der Waals surface area contributed by atoms with E-state index < -0.39 is 0 Å². The molecule has 0 radical (unpaired) electrons. The second-order valence-electron chi connectivity index (χ2n) is 6.27. The van der Waals surface area contributed by atoms with Gasteiger partial charge in [0.1, 0.15) is 5.82 Å². The number of hydrogen-bond acceptors (Lipinski definition) is 4. The minimum atomic E-state index is -0.357. The van der Waals surface area contributed by atoms with E-state index in [1.807, 2.05) is 30.3 Å². The van der Waals surface area contributed by atoms with Crippen LogP contribution < -0.4 is 5.73 Å². The van der Waals surface area contributed by atoms with Gasteiger partial charge in [0.2, 0.25) is 11.7 Å². The molecule has 0 bridgehead atoms. The van der Waals surface area contributed by atoms with Crippen LogP contribution in [-0.4, -0.2) is 10.1 Å². The van der Waals surface area contributed by atoms with Crippen LogP contribution in [0.15, 0.2) is 53.1 Å². The molecule has 1 fully saturated rings. The maximum absolute atomic E-state index is 13.6. The predicted molar refractivity (Wildman–Crippen MR) is 95.9 cm³/mol. The van der Waals surface area contributed by atoms with Gasteiger partial charge in [-0.1, -0.05) is 48.0 Å². The van der Waals surface area contributed by atoms with E-state index in [-0.39, 0.29) is 23.6 Å². The molecule has 4 rings (SSSR count). The molecule has 0 aliphatic heterocycles. The summed E-state index contributed by atoms with van der Waals surface area (Å²) in [5, 5.41) is 4.13. The van der Waals surface area contributed by atoms with Gasteiger partial charge in [0.15, 0.2) is 0 Å². The number of nitrogens with zero attached hydrogens (tertiary/aromatic N) is 2. The zero-order valence-electron chi connectivity index (χ0n) is 13.6. The Bertz CT molecular complexity index is 859. The first-order valence-electron chi connectivity index (χ1n) is 8.11. The summed E-state index contributed by atoms with van der Waals surface area (Å²) >= 11 is 0. The zero-order chi connectivity index (χ0) is 16.6. The molecule has 0 atom stereocenters. The highest BCUT2D eigenvalue weighted by Crippen LogP contribution is 2.48. The average Bonchev–Trinajstić information content (AvgIpc) is 3.04. The van der Waals surface area contributed by atoms with Gasteiger partial charge in [0.25, 0.3) is 0 Å². The molecule has 1 aliphatic rings. The van der Waals surface area contributed by atoms with Crippen LogP contribution in [0.25, 0.3) is 11.4 Å². The van der Waals surface area contributed by atoms with Crippen molar-refractivity contribution in [1.82, 2.24) is 10.1 Å². The van der Waals surface area contributed by atoms with Crippen molar-refractivity contribution in [2.75, 3.05) is 0 Å². The largest absolute Gasteiger partial charge is 0.338 e. The Morgan fingerprint density at radius 2 is 1.88 bits per heavy atom. The normalized spacial score (nSPS) is 15.3. The Morgan fingerprint density at radius 1 is 1.12 bits per heavy atom. The monoisotopic (exact) mass is 359 g/mol. The Hall–Kier alpha value is -2.24. The minimum Gasteiger partial charge on any atom is -0.338 e. The van der Waals surface area contributed by atoms with Gasteiger partial charge >= 0.3 is 0 Å². The van der Waals surface area contributed by atoms with Crippen LogP contribution in [0, 0.1) is 5.82 Å². The molecular weight excluding hydrogens is 341 g/mol. The van der Waals surface area contributed by atoms with E-state index in [1.54, 1.807) is 12.1 Å². The summed E-state index contributed by atoms with van der Waals surface area (Å²) in [6.07, 6.45) is 2.85. The number of aromatic nitrogens is 2. The Labute approximate surface area is 151 Å². The van der Waals surface area contributed by atoms with Crippen LogP contribution in [0.5, 0.6) is 0 Å². The quantitative estimate of drug-likeness (QED) is 0.757. The molecule has 130 valence electrons. The van der Waals surface area contributed by atoms with Crippen LogP contribution in [0.2, 0.25) is 0 Å². The van der Waals surface area contributed by atoms with Crippen LogP contribution in [0.1, 0.15) is 36.3 Å². The van der Waals surface area contributed by atoms with Gasteiger partial charge in [0.05, 0.1) is 5.41 Å². The lowest BCUT2D eigenvalue weighted by Crippen LogP contribution is -2.35. The summed E-state index contributed by atoms with van der Waals surface area (Å²) in [7, 11) is 0. The molecule has 25 heavy (non-hydrogen) atoms. The lowest BCUT2D eigenvalue weighted by atomic mass is 9.64. The first-order chi connectivity index (χ1) is 11.7. The molecular formula is C19H19ClFN3O. The van der Waals surface area contributed by atoms with E-state index >= 15 is 0 Å². The Morgan fingerprint density at radius 3 is 2.48 bits per heavy atom. The fourth-order valence-electron chi connectivity index (χ4n) is 3.27.